The van der Waals surface area contributed by atoms with Crippen molar-refractivity contribution in [3.8, 4) is 0 Å². The van der Waals surface area contributed by atoms with E-state index >= 15 is 0 Å². The van der Waals surface area contributed by atoms with Gasteiger partial charge in [-0.05, 0) is 42.7 Å². The predicted octanol–water partition coefficient (Wildman–Crippen LogP) is 2.59. The van der Waals surface area contributed by atoms with Gasteiger partial charge in [0.05, 0.1) is 6.54 Å². The molecule has 3 rings (SSSR count). The van der Waals surface area contributed by atoms with Gasteiger partial charge in [-0.3, -0.25) is 14.8 Å². The summed E-state index contributed by atoms with van der Waals surface area (Å²) in [5.41, 5.74) is 5.18. The Balaban J connectivity index is 1.71. The van der Waals surface area contributed by atoms with Crippen LogP contribution in [-0.4, -0.2) is 29.6 Å². The molecule has 6 nitrogen and oxygen atoms in total. The molecule has 1 heterocycles. The van der Waals surface area contributed by atoms with Gasteiger partial charge in [0, 0.05) is 23.5 Å². The minimum absolute atomic E-state index is 0.124. The maximum absolute atomic E-state index is 12.6. The second kappa shape index (κ2) is 7.84. The minimum atomic E-state index is -0.631. The third-order valence-corrected chi connectivity index (χ3v) is 4.42. The minimum Gasteiger partial charge on any atom is -0.359 e. The summed E-state index contributed by atoms with van der Waals surface area (Å²) in [7, 11) is 0. The number of nitrogens with zero attached hydrogens (tertiary/aromatic N) is 1. The van der Waals surface area contributed by atoms with Crippen molar-refractivity contribution in [2.24, 2.45) is 0 Å². The van der Waals surface area contributed by atoms with E-state index in [2.05, 4.69) is 23.2 Å². The normalized spacial score (nSPS) is 15.8. The third kappa shape index (κ3) is 3.92. The van der Waals surface area contributed by atoms with Crippen molar-refractivity contribution < 1.29 is 14.8 Å². The highest BCUT2D eigenvalue weighted by molar-refractivity contribution is 5.97. The van der Waals surface area contributed by atoms with Crippen LogP contribution < -0.4 is 15.7 Å². The molecule has 2 amide bonds. The number of nitrogens with one attached hydrogen (secondary N) is 2. The Bertz CT molecular complexity index is 848. The number of hydroxylamine groups is 1. The zero-order valence-corrected chi connectivity index (χ0v) is 14.5. The first-order valence-electron chi connectivity index (χ1n) is 8.44. The molecule has 3 N–H and O–H groups in total. The number of amides is 2. The van der Waals surface area contributed by atoms with Crippen LogP contribution in [-0.2, 0) is 16.0 Å². The van der Waals surface area contributed by atoms with Gasteiger partial charge in [-0.25, -0.2) is 5.48 Å². The molecule has 0 aliphatic carbocycles. The molecule has 0 aromatic heterocycles. The summed E-state index contributed by atoms with van der Waals surface area (Å²) in [6.07, 6.45) is 3.66. The van der Waals surface area contributed by atoms with Gasteiger partial charge >= 0.3 is 0 Å². The van der Waals surface area contributed by atoms with E-state index in [0.717, 1.165) is 12.1 Å². The van der Waals surface area contributed by atoms with E-state index in [9.17, 15) is 9.59 Å². The van der Waals surface area contributed by atoms with Gasteiger partial charge in [0.1, 0.15) is 0 Å². The molecule has 1 unspecified atom stereocenters. The zero-order chi connectivity index (χ0) is 18.5. The van der Waals surface area contributed by atoms with Gasteiger partial charge in [-0.2, -0.15) is 0 Å². The topological polar surface area (TPSA) is 81.7 Å². The van der Waals surface area contributed by atoms with Crippen LogP contribution in [0, 0.1) is 0 Å². The molecule has 26 heavy (non-hydrogen) atoms. The number of carbonyl (C=O) groups is 2. The van der Waals surface area contributed by atoms with Crippen LogP contribution in [0.1, 0.15) is 18.1 Å². The fourth-order valence-electron chi connectivity index (χ4n) is 3.17. The number of hydrogen-bond donors (Lipinski definition) is 3. The quantitative estimate of drug-likeness (QED) is 0.439. The zero-order valence-electron chi connectivity index (χ0n) is 14.5. The summed E-state index contributed by atoms with van der Waals surface area (Å²) in [6.45, 7) is 2.37. The SMILES string of the molecule is CC1Cc2ccccc2N1CC(=O)Nc1ccccc1/C=C/C(=O)NO. The monoisotopic (exact) mass is 351 g/mol. The third-order valence-electron chi connectivity index (χ3n) is 4.42. The molecular formula is C20H21N3O3. The Labute approximate surface area is 152 Å². The number of para-hydroxylation sites is 2. The van der Waals surface area contributed by atoms with Crippen LogP contribution in [0.5, 0.6) is 0 Å². The number of hydrogen-bond acceptors (Lipinski definition) is 4. The first-order valence-corrected chi connectivity index (χ1v) is 8.44. The van der Waals surface area contributed by atoms with Crippen molar-refractivity contribution in [2.75, 3.05) is 16.8 Å². The predicted molar refractivity (Wildman–Crippen MR) is 101 cm³/mol. The fourth-order valence-corrected chi connectivity index (χ4v) is 3.17. The van der Waals surface area contributed by atoms with E-state index in [1.807, 2.05) is 30.3 Å². The first kappa shape index (κ1) is 17.7. The van der Waals surface area contributed by atoms with Gasteiger partial charge in [-0.1, -0.05) is 36.4 Å². The van der Waals surface area contributed by atoms with Crippen LogP contribution in [0.3, 0.4) is 0 Å². The van der Waals surface area contributed by atoms with Gasteiger partial charge in [0.15, 0.2) is 0 Å². The smallest absolute Gasteiger partial charge is 0.267 e. The van der Waals surface area contributed by atoms with Crippen LogP contribution >= 0.6 is 0 Å². The molecule has 6 heteroatoms. The van der Waals surface area contributed by atoms with Crippen LogP contribution in [0.4, 0.5) is 11.4 Å². The Morgan fingerprint density at radius 1 is 1.19 bits per heavy atom. The maximum Gasteiger partial charge on any atom is 0.267 e. The van der Waals surface area contributed by atoms with E-state index in [0.29, 0.717) is 11.3 Å². The first-order chi connectivity index (χ1) is 12.6. The molecule has 0 radical (unpaired) electrons. The average Bonchev–Trinajstić information content (AvgIpc) is 2.96. The molecule has 2 aromatic carbocycles. The fraction of sp³-hybridized carbons (Fsp3) is 0.200. The van der Waals surface area contributed by atoms with Crippen molar-refractivity contribution in [3.05, 3.63) is 65.7 Å². The molecule has 1 aliphatic heterocycles. The molecule has 2 aromatic rings. The molecule has 0 fully saturated rings. The second-order valence-corrected chi connectivity index (χ2v) is 6.25. The number of benzene rings is 2. The van der Waals surface area contributed by atoms with Gasteiger partial charge < -0.3 is 10.2 Å². The van der Waals surface area contributed by atoms with Gasteiger partial charge in [0.25, 0.3) is 5.91 Å². The van der Waals surface area contributed by atoms with Crippen molar-refractivity contribution in [1.29, 1.82) is 0 Å². The summed E-state index contributed by atoms with van der Waals surface area (Å²) in [4.78, 5) is 25.8. The summed E-state index contributed by atoms with van der Waals surface area (Å²) in [6, 6.07) is 15.6. The number of anilines is 2. The van der Waals surface area contributed by atoms with E-state index < -0.39 is 5.91 Å². The van der Waals surface area contributed by atoms with Crippen LogP contribution in [0.25, 0.3) is 6.08 Å². The van der Waals surface area contributed by atoms with Crippen LogP contribution in [0.15, 0.2) is 54.6 Å². The second-order valence-electron chi connectivity index (χ2n) is 6.25. The lowest BCUT2D eigenvalue weighted by Gasteiger charge is -2.24. The summed E-state index contributed by atoms with van der Waals surface area (Å²) in [5, 5.41) is 11.5. The summed E-state index contributed by atoms with van der Waals surface area (Å²) >= 11 is 0. The molecule has 0 bridgehead atoms. The molecular weight excluding hydrogens is 330 g/mol. The molecule has 1 aliphatic rings. The lowest BCUT2D eigenvalue weighted by Crippen LogP contribution is -2.37. The van der Waals surface area contributed by atoms with E-state index in [4.69, 9.17) is 5.21 Å². The van der Waals surface area contributed by atoms with Crippen molar-refractivity contribution in [1.82, 2.24) is 5.48 Å². The standard InChI is InChI=1S/C20H21N3O3/c1-14-12-16-7-3-5-9-18(16)23(14)13-20(25)21-17-8-4-2-6-15(17)10-11-19(24)22-26/h2-11,14,26H,12-13H2,1H3,(H,21,25)(H,22,24)/b11-10+. The highest BCUT2D eigenvalue weighted by Crippen LogP contribution is 2.31. The Hall–Kier alpha value is -3.12. The molecule has 1 atom stereocenters. The lowest BCUT2D eigenvalue weighted by atomic mass is 10.1. The van der Waals surface area contributed by atoms with Crippen molar-refractivity contribution >= 4 is 29.3 Å². The Morgan fingerprint density at radius 3 is 2.73 bits per heavy atom. The molecule has 0 spiro atoms. The number of carbonyl (C=O) groups excluding carboxylic acids is 2. The largest absolute Gasteiger partial charge is 0.359 e. The van der Waals surface area contributed by atoms with E-state index in [1.54, 1.807) is 12.1 Å². The van der Waals surface area contributed by atoms with Gasteiger partial charge in [0.2, 0.25) is 5.91 Å². The summed E-state index contributed by atoms with van der Waals surface area (Å²) < 4.78 is 0. The number of rotatable bonds is 5. The highest BCUT2D eigenvalue weighted by Gasteiger charge is 2.27. The van der Waals surface area contributed by atoms with E-state index in [1.165, 1.54) is 23.2 Å². The number of fused-ring (bicyclic) bond motifs is 1. The lowest BCUT2D eigenvalue weighted by molar-refractivity contribution is -0.124. The average molecular weight is 351 g/mol. The van der Waals surface area contributed by atoms with E-state index in [-0.39, 0.29) is 18.5 Å². The van der Waals surface area contributed by atoms with Gasteiger partial charge in [-0.15, -0.1) is 0 Å². The summed E-state index contributed by atoms with van der Waals surface area (Å²) in [5.74, 6) is -0.755. The maximum atomic E-state index is 12.6. The van der Waals surface area contributed by atoms with Crippen molar-refractivity contribution in [3.63, 3.8) is 0 Å². The molecule has 134 valence electrons. The molecule has 0 saturated heterocycles. The Kier molecular flexibility index (Phi) is 5.34. The molecule has 0 saturated carbocycles. The Morgan fingerprint density at radius 2 is 1.92 bits per heavy atom. The van der Waals surface area contributed by atoms with Crippen LogP contribution in [0.2, 0.25) is 0 Å². The highest BCUT2D eigenvalue weighted by atomic mass is 16.5. The van der Waals surface area contributed by atoms with Crippen molar-refractivity contribution in [2.45, 2.75) is 19.4 Å².